The minimum atomic E-state index is -0.888. The van der Waals surface area contributed by atoms with Crippen molar-refractivity contribution in [2.75, 3.05) is 0 Å². The molecule has 0 bridgehead atoms. The normalized spacial score (nSPS) is 44.6. The highest BCUT2D eigenvalue weighted by molar-refractivity contribution is 5.91. The van der Waals surface area contributed by atoms with Crippen LogP contribution in [0.4, 0.5) is 0 Å². The lowest BCUT2D eigenvalue weighted by molar-refractivity contribution is -0.159. The van der Waals surface area contributed by atoms with Crippen LogP contribution in [0.1, 0.15) is 26.2 Å². The SMILES string of the molecule is C[C@@H]1CC[C@]2(O)C=CC(=O)C[C@@H]2O1. The average molecular weight is 182 g/mol. The van der Waals surface area contributed by atoms with Gasteiger partial charge in [-0.15, -0.1) is 0 Å². The van der Waals surface area contributed by atoms with Gasteiger partial charge < -0.3 is 9.84 Å². The van der Waals surface area contributed by atoms with Gasteiger partial charge in [0.2, 0.25) is 0 Å². The topological polar surface area (TPSA) is 46.5 Å². The molecule has 1 heterocycles. The molecule has 0 aromatic carbocycles. The number of carbonyl (C=O) groups is 1. The fraction of sp³-hybridized carbons (Fsp3) is 0.700. The third kappa shape index (κ3) is 1.54. The first-order valence-electron chi connectivity index (χ1n) is 4.70. The minimum Gasteiger partial charge on any atom is -0.383 e. The largest absolute Gasteiger partial charge is 0.383 e. The number of hydrogen-bond donors (Lipinski definition) is 1. The molecule has 2 rings (SSSR count). The number of fused-ring (bicyclic) bond motifs is 1. The summed E-state index contributed by atoms with van der Waals surface area (Å²) in [7, 11) is 0. The van der Waals surface area contributed by atoms with Crippen molar-refractivity contribution in [1.82, 2.24) is 0 Å². The molecule has 0 saturated carbocycles. The minimum absolute atomic E-state index is 0.0452. The fourth-order valence-corrected chi connectivity index (χ4v) is 1.97. The molecule has 3 nitrogen and oxygen atoms in total. The van der Waals surface area contributed by atoms with Crippen molar-refractivity contribution in [3.63, 3.8) is 0 Å². The predicted molar refractivity (Wildman–Crippen MR) is 47.3 cm³/mol. The summed E-state index contributed by atoms with van der Waals surface area (Å²) in [4.78, 5) is 11.1. The van der Waals surface area contributed by atoms with Gasteiger partial charge in [-0.2, -0.15) is 0 Å². The molecule has 1 aliphatic carbocycles. The van der Waals surface area contributed by atoms with E-state index in [0.717, 1.165) is 6.42 Å². The van der Waals surface area contributed by atoms with E-state index < -0.39 is 5.60 Å². The number of ether oxygens (including phenoxy) is 1. The van der Waals surface area contributed by atoms with Crippen LogP contribution in [0.25, 0.3) is 0 Å². The van der Waals surface area contributed by atoms with Crippen LogP contribution in [0.2, 0.25) is 0 Å². The Hall–Kier alpha value is -0.670. The summed E-state index contributed by atoms with van der Waals surface area (Å²) in [5.41, 5.74) is -0.888. The maximum absolute atomic E-state index is 11.1. The summed E-state index contributed by atoms with van der Waals surface area (Å²) in [6.07, 6.45) is 4.76. The van der Waals surface area contributed by atoms with Crippen LogP contribution in [-0.4, -0.2) is 28.7 Å². The first-order chi connectivity index (χ1) is 6.10. The zero-order valence-electron chi connectivity index (χ0n) is 7.69. The number of aliphatic hydroxyl groups is 1. The monoisotopic (exact) mass is 182 g/mol. The summed E-state index contributed by atoms with van der Waals surface area (Å²) in [6.45, 7) is 1.97. The lowest BCUT2D eigenvalue weighted by Crippen LogP contribution is -2.50. The Kier molecular flexibility index (Phi) is 2.00. The maximum Gasteiger partial charge on any atom is 0.158 e. The van der Waals surface area contributed by atoms with Crippen molar-refractivity contribution in [2.45, 2.75) is 44.0 Å². The van der Waals surface area contributed by atoms with Crippen LogP contribution < -0.4 is 0 Å². The molecular weight excluding hydrogens is 168 g/mol. The molecule has 1 fully saturated rings. The number of rotatable bonds is 0. The Morgan fingerprint density at radius 3 is 3.23 bits per heavy atom. The molecule has 13 heavy (non-hydrogen) atoms. The Bertz CT molecular complexity index is 259. The van der Waals surface area contributed by atoms with Gasteiger partial charge in [0.1, 0.15) is 5.60 Å². The average Bonchev–Trinajstić information content (AvgIpc) is 2.08. The highest BCUT2D eigenvalue weighted by Crippen LogP contribution is 2.34. The molecule has 0 radical (unpaired) electrons. The van der Waals surface area contributed by atoms with E-state index in [-0.39, 0.29) is 18.0 Å². The molecule has 1 aliphatic heterocycles. The summed E-state index contributed by atoms with van der Waals surface area (Å²) < 4.78 is 5.54. The second kappa shape index (κ2) is 2.93. The van der Waals surface area contributed by atoms with Gasteiger partial charge in [0.25, 0.3) is 0 Å². The number of ketones is 1. The van der Waals surface area contributed by atoms with E-state index in [9.17, 15) is 9.90 Å². The molecule has 72 valence electrons. The molecule has 1 saturated heterocycles. The van der Waals surface area contributed by atoms with Gasteiger partial charge in [0.05, 0.1) is 12.2 Å². The number of hydrogen-bond acceptors (Lipinski definition) is 3. The van der Waals surface area contributed by atoms with Crippen molar-refractivity contribution in [3.05, 3.63) is 12.2 Å². The van der Waals surface area contributed by atoms with E-state index in [4.69, 9.17) is 4.74 Å². The molecule has 3 heteroatoms. The van der Waals surface area contributed by atoms with Crippen molar-refractivity contribution in [3.8, 4) is 0 Å². The van der Waals surface area contributed by atoms with Gasteiger partial charge in [-0.3, -0.25) is 4.79 Å². The van der Waals surface area contributed by atoms with Crippen LogP contribution in [0.15, 0.2) is 12.2 Å². The van der Waals surface area contributed by atoms with Gasteiger partial charge in [-0.25, -0.2) is 0 Å². The van der Waals surface area contributed by atoms with Crippen LogP contribution in [-0.2, 0) is 9.53 Å². The molecule has 0 aromatic rings. The first kappa shape index (κ1) is 8.91. The van der Waals surface area contributed by atoms with Crippen molar-refractivity contribution in [2.24, 2.45) is 0 Å². The van der Waals surface area contributed by atoms with Crippen LogP contribution in [0.5, 0.6) is 0 Å². The second-order valence-corrected chi connectivity index (χ2v) is 3.97. The fourth-order valence-electron chi connectivity index (χ4n) is 1.97. The van der Waals surface area contributed by atoms with Gasteiger partial charge in [0, 0.05) is 6.42 Å². The van der Waals surface area contributed by atoms with E-state index in [1.807, 2.05) is 6.92 Å². The van der Waals surface area contributed by atoms with E-state index in [2.05, 4.69) is 0 Å². The van der Waals surface area contributed by atoms with Crippen LogP contribution >= 0.6 is 0 Å². The molecule has 0 aromatic heterocycles. The molecule has 3 atom stereocenters. The van der Waals surface area contributed by atoms with Crippen LogP contribution in [0.3, 0.4) is 0 Å². The molecule has 0 unspecified atom stereocenters. The van der Waals surface area contributed by atoms with Gasteiger partial charge in [-0.05, 0) is 31.9 Å². The third-order valence-corrected chi connectivity index (χ3v) is 2.85. The second-order valence-electron chi connectivity index (χ2n) is 3.97. The van der Waals surface area contributed by atoms with E-state index in [1.165, 1.54) is 6.08 Å². The standard InChI is InChI=1S/C10H14O3/c1-7-2-4-10(12)5-3-8(11)6-9(10)13-7/h3,5,7,9,12H,2,4,6H2,1H3/t7-,9+,10+/m1/s1. The van der Waals surface area contributed by atoms with E-state index in [1.54, 1.807) is 6.08 Å². The summed E-state index contributed by atoms with van der Waals surface area (Å²) in [5.74, 6) is 0.0452. The highest BCUT2D eigenvalue weighted by atomic mass is 16.5. The quantitative estimate of drug-likeness (QED) is 0.603. The lowest BCUT2D eigenvalue weighted by Gasteiger charge is -2.41. The predicted octanol–water partition coefficient (Wildman–Crippen LogP) is 0.814. The number of allylic oxidation sites excluding steroid dienone is 1. The Balaban J connectivity index is 2.21. The van der Waals surface area contributed by atoms with E-state index in [0.29, 0.717) is 12.8 Å². The summed E-state index contributed by atoms with van der Waals surface area (Å²) in [5, 5.41) is 10.1. The summed E-state index contributed by atoms with van der Waals surface area (Å²) in [6, 6.07) is 0. The zero-order valence-corrected chi connectivity index (χ0v) is 7.69. The van der Waals surface area contributed by atoms with E-state index >= 15 is 0 Å². The molecule has 1 N–H and O–H groups in total. The first-order valence-corrected chi connectivity index (χ1v) is 4.70. The Morgan fingerprint density at radius 2 is 2.46 bits per heavy atom. The summed E-state index contributed by atoms with van der Waals surface area (Å²) >= 11 is 0. The van der Waals surface area contributed by atoms with Crippen LogP contribution in [0, 0.1) is 0 Å². The Morgan fingerprint density at radius 1 is 1.69 bits per heavy atom. The van der Waals surface area contributed by atoms with Gasteiger partial charge >= 0.3 is 0 Å². The van der Waals surface area contributed by atoms with Gasteiger partial charge in [-0.1, -0.05) is 0 Å². The molecule has 2 aliphatic rings. The van der Waals surface area contributed by atoms with Gasteiger partial charge in [0.15, 0.2) is 5.78 Å². The van der Waals surface area contributed by atoms with Crippen molar-refractivity contribution < 1.29 is 14.6 Å². The zero-order chi connectivity index (χ0) is 9.47. The maximum atomic E-state index is 11.1. The van der Waals surface area contributed by atoms with Crippen molar-refractivity contribution in [1.29, 1.82) is 0 Å². The molecular formula is C10H14O3. The molecule has 0 amide bonds. The smallest absolute Gasteiger partial charge is 0.158 e. The highest BCUT2D eigenvalue weighted by Gasteiger charge is 2.43. The molecule has 0 spiro atoms. The number of carbonyl (C=O) groups excluding carboxylic acids is 1. The Labute approximate surface area is 77.4 Å². The lowest BCUT2D eigenvalue weighted by atomic mass is 9.81. The third-order valence-electron chi connectivity index (χ3n) is 2.85. The van der Waals surface area contributed by atoms with Crippen molar-refractivity contribution >= 4 is 5.78 Å².